The van der Waals surface area contributed by atoms with Gasteiger partial charge in [0.2, 0.25) is 5.91 Å². The summed E-state index contributed by atoms with van der Waals surface area (Å²) < 4.78 is 0. The van der Waals surface area contributed by atoms with Crippen molar-refractivity contribution in [1.29, 1.82) is 0 Å². The third-order valence-electron chi connectivity index (χ3n) is 5.13. The molecule has 4 nitrogen and oxygen atoms in total. The van der Waals surface area contributed by atoms with Gasteiger partial charge in [0.15, 0.2) is 0 Å². The van der Waals surface area contributed by atoms with Crippen LogP contribution in [0.25, 0.3) is 0 Å². The Morgan fingerprint density at radius 1 is 1.29 bits per heavy atom. The minimum Gasteiger partial charge on any atom is -0.508 e. The fourth-order valence-corrected chi connectivity index (χ4v) is 3.49. The number of benzene rings is 1. The number of piperidine rings is 1. The second-order valence-corrected chi connectivity index (χ2v) is 6.58. The molecule has 1 aliphatic carbocycles. The zero-order chi connectivity index (χ0) is 14.9. The van der Waals surface area contributed by atoms with E-state index in [9.17, 15) is 9.90 Å². The van der Waals surface area contributed by atoms with E-state index in [4.69, 9.17) is 0 Å². The van der Waals surface area contributed by atoms with Gasteiger partial charge in [-0.15, -0.1) is 0 Å². The Kier molecular flexibility index (Phi) is 3.89. The molecule has 1 heterocycles. The first-order valence-corrected chi connectivity index (χ1v) is 7.85. The summed E-state index contributed by atoms with van der Waals surface area (Å²) in [6, 6.07) is 7.02. The zero-order valence-electron chi connectivity index (χ0n) is 12.6. The van der Waals surface area contributed by atoms with Crippen LogP contribution in [0, 0.1) is 11.3 Å². The molecule has 1 aromatic rings. The molecule has 1 saturated heterocycles. The molecule has 0 atom stereocenters. The molecular weight excluding hydrogens is 264 g/mol. The molecule has 114 valence electrons. The quantitative estimate of drug-likeness (QED) is 0.892. The maximum Gasteiger partial charge on any atom is 0.226 e. The van der Waals surface area contributed by atoms with Crippen LogP contribution in [-0.2, 0) is 11.3 Å². The molecule has 3 rings (SSSR count). The number of amides is 1. The third kappa shape index (κ3) is 3.05. The molecule has 0 unspecified atom stereocenters. The summed E-state index contributed by atoms with van der Waals surface area (Å²) in [5.41, 5.74) is 0.943. The number of phenolic OH excluding ortho intramolecular Hbond substituents is 1. The van der Waals surface area contributed by atoms with Crippen molar-refractivity contribution in [3.05, 3.63) is 29.8 Å². The number of carbonyl (C=O) groups excluding carboxylic acids is 1. The molecule has 4 heteroatoms. The summed E-state index contributed by atoms with van der Waals surface area (Å²) in [6.45, 7) is 2.77. The predicted octanol–water partition coefficient (Wildman–Crippen LogP) is 2.13. The Bertz CT molecular complexity index is 500. The zero-order valence-corrected chi connectivity index (χ0v) is 12.6. The number of likely N-dealkylation sites (tertiary alicyclic amines) is 1. The van der Waals surface area contributed by atoms with E-state index in [0.29, 0.717) is 12.5 Å². The van der Waals surface area contributed by atoms with E-state index in [2.05, 4.69) is 17.3 Å². The Morgan fingerprint density at radius 3 is 2.48 bits per heavy atom. The van der Waals surface area contributed by atoms with Crippen LogP contribution in [0.3, 0.4) is 0 Å². The Balaban J connectivity index is 1.56. The van der Waals surface area contributed by atoms with E-state index in [-0.39, 0.29) is 17.1 Å². The second-order valence-electron chi connectivity index (χ2n) is 6.58. The van der Waals surface area contributed by atoms with Gasteiger partial charge in [0, 0.05) is 6.54 Å². The van der Waals surface area contributed by atoms with Gasteiger partial charge in [0.05, 0.1) is 5.41 Å². The first-order chi connectivity index (χ1) is 10.1. The van der Waals surface area contributed by atoms with E-state index < -0.39 is 0 Å². The summed E-state index contributed by atoms with van der Waals surface area (Å²) in [5, 5.41) is 12.4. The maximum absolute atomic E-state index is 12.6. The lowest BCUT2D eigenvalue weighted by Gasteiger charge is -2.34. The number of hydrogen-bond acceptors (Lipinski definition) is 3. The van der Waals surface area contributed by atoms with Gasteiger partial charge >= 0.3 is 0 Å². The van der Waals surface area contributed by atoms with E-state index in [1.54, 1.807) is 12.1 Å². The highest BCUT2D eigenvalue weighted by molar-refractivity contribution is 5.85. The van der Waals surface area contributed by atoms with Gasteiger partial charge in [-0.2, -0.15) is 0 Å². The Labute approximate surface area is 126 Å². The van der Waals surface area contributed by atoms with Crippen LogP contribution in [0.4, 0.5) is 0 Å². The number of hydrogen-bond donors (Lipinski definition) is 2. The van der Waals surface area contributed by atoms with Crippen molar-refractivity contribution >= 4 is 5.91 Å². The fourth-order valence-electron chi connectivity index (χ4n) is 3.49. The van der Waals surface area contributed by atoms with Crippen LogP contribution in [0.5, 0.6) is 5.75 Å². The van der Waals surface area contributed by atoms with Gasteiger partial charge in [-0.3, -0.25) is 4.79 Å². The first kappa shape index (κ1) is 14.4. The average molecular weight is 288 g/mol. The molecule has 2 N–H and O–H groups in total. The highest BCUT2D eigenvalue weighted by atomic mass is 16.3. The van der Waals surface area contributed by atoms with Crippen LogP contribution < -0.4 is 5.32 Å². The number of aromatic hydroxyl groups is 1. The van der Waals surface area contributed by atoms with Crippen molar-refractivity contribution in [2.45, 2.75) is 32.2 Å². The topological polar surface area (TPSA) is 52.6 Å². The smallest absolute Gasteiger partial charge is 0.226 e. The molecule has 0 spiro atoms. The van der Waals surface area contributed by atoms with Crippen LogP contribution in [0.1, 0.15) is 31.2 Å². The van der Waals surface area contributed by atoms with Crippen molar-refractivity contribution in [2.75, 3.05) is 20.1 Å². The summed E-state index contributed by atoms with van der Waals surface area (Å²) in [7, 11) is 2.15. The van der Waals surface area contributed by atoms with E-state index in [1.165, 1.54) is 0 Å². The van der Waals surface area contributed by atoms with Crippen LogP contribution in [-0.4, -0.2) is 36.1 Å². The molecule has 1 aliphatic heterocycles. The Hall–Kier alpha value is -1.55. The minimum atomic E-state index is -0.0851. The van der Waals surface area contributed by atoms with Gasteiger partial charge in [-0.25, -0.2) is 0 Å². The average Bonchev–Trinajstić information content (AvgIpc) is 3.29. The summed E-state index contributed by atoms with van der Waals surface area (Å²) in [5.74, 6) is 1.04. The lowest BCUT2D eigenvalue weighted by Crippen LogP contribution is -2.41. The molecule has 0 radical (unpaired) electrons. The van der Waals surface area contributed by atoms with E-state index >= 15 is 0 Å². The van der Waals surface area contributed by atoms with Crippen molar-refractivity contribution in [1.82, 2.24) is 10.2 Å². The third-order valence-corrected chi connectivity index (χ3v) is 5.13. The van der Waals surface area contributed by atoms with Crippen molar-refractivity contribution < 1.29 is 9.90 Å². The Morgan fingerprint density at radius 2 is 1.90 bits per heavy atom. The van der Waals surface area contributed by atoms with Gasteiger partial charge < -0.3 is 15.3 Å². The van der Waals surface area contributed by atoms with Crippen molar-refractivity contribution in [2.24, 2.45) is 11.3 Å². The SMILES string of the molecule is CN1CCC(C2(C(=O)NCc3ccc(O)cc3)CC2)CC1. The van der Waals surface area contributed by atoms with Crippen molar-refractivity contribution in [3.8, 4) is 5.75 Å². The molecular formula is C17H24N2O2. The van der Waals surface area contributed by atoms with Gasteiger partial charge in [-0.05, 0) is 69.4 Å². The number of nitrogens with one attached hydrogen (secondary N) is 1. The molecule has 0 aromatic heterocycles. The molecule has 2 aliphatic rings. The minimum absolute atomic E-state index is 0.0851. The summed E-state index contributed by atoms with van der Waals surface area (Å²) in [6.07, 6.45) is 4.37. The lowest BCUT2D eigenvalue weighted by molar-refractivity contribution is -0.129. The summed E-state index contributed by atoms with van der Waals surface area (Å²) in [4.78, 5) is 14.9. The molecule has 2 fully saturated rings. The fraction of sp³-hybridized carbons (Fsp3) is 0.588. The summed E-state index contributed by atoms with van der Waals surface area (Å²) >= 11 is 0. The van der Waals surface area contributed by atoms with Gasteiger partial charge in [0.1, 0.15) is 5.75 Å². The molecule has 21 heavy (non-hydrogen) atoms. The second kappa shape index (κ2) is 5.68. The van der Waals surface area contributed by atoms with Gasteiger partial charge in [-0.1, -0.05) is 12.1 Å². The maximum atomic E-state index is 12.6. The standard InChI is InChI=1S/C17H24N2O2/c1-19-10-6-14(7-11-19)17(8-9-17)16(21)18-12-13-2-4-15(20)5-3-13/h2-5,14,20H,6-12H2,1H3,(H,18,21). The highest BCUT2D eigenvalue weighted by Gasteiger charge is 2.55. The van der Waals surface area contributed by atoms with Crippen LogP contribution in [0.2, 0.25) is 0 Å². The monoisotopic (exact) mass is 288 g/mol. The number of carbonyl (C=O) groups is 1. The largest absolute Gasteiger partial charge is 0.508 e. The number of nitrogens with zero attached hydrogens (tertiary/aromatic N) is 1. The van der Waals surface area contributed by atoms with E-state index in [1.807, 2.05) is 12.1 Å². The normalized spacial score (nSPS) is 22.0. The van der Waals surface area contributed by atoms with Crippen LogP contribution in [0.15, 0.2) is 24.3 Å². The van der Waals surface area contributed by atoms with E-state index in [0.717, 1.165) is 44.3 Å². The molecule has 1 aromatic carbocycles. The van der Waals surface area contributed by atoms with Crippen LogP contribution >= 0.6 is 0 Å². The van der Waals surface area contributed by atoms with Gasteiger partial charge in [0.25, 0.3) is 0 Å². The van der Waals surface area contributed by atoms with Crippen molar-refractivity contribution in [3.63, 3.8) is 0 Å². The lowest BCUT2D eigenvalue weighted by atomic mass is 9.81. The molecule has 1 amide bonds. The predicted molar refractivity (Wildman–Crippen MR) is 81.8 cm³/mol. The number of rotatable bonds is 4. The molecule has 0 bridgehead atoms. The molecule has 1 saturated carbocycles. The first-order valence-electron chi connectivity index (χ1n) is 7.85. The highest BCUT2D eigenvalue weighted by Crippen LogP contribution is 2.55. The number of phenols is 1.